The summed E-state index contributed by atoms with van der Waals surface area (Å²) in [5.41, 5.74) is 0.427. The summed E-state index contributed by atoms with van der Waals surface area (Å²) in [5, 5.41) is 12.7. The second kappa shape index (κ2) is 5.27. The van der Waals surface area contributed by atoms with Gasteiger partial charge in [-0.05, 0) is 18.2 Å². The van der Waals surface area contributed by atoms with Crippen LogP contribution < -0.4 is 5.32 Å². The number of nitrogens with zero attached hydrogens (tertiary/aromatic N) is 2. The van der Waals surface area contributed by atoms with Gasteiger partial charge in [-0.25, -0.2) is 0 Å². The van der Waals surface area contributed by atoms with Gasteiger partial charge in [0.2, 0.25) is 5.13 Å². The molecule has 2 aromatic rings. The number of amides is 1. The minimum atomic E-state index is -0.237. The minimum absolute atomic E-state index is 0.0727. The Morgan fingerprint density at radius 2 is 2.05 bits per heavy atom. The van der Waals surface area contributed by atoms with E-state index in [1.807, 2.05) is 0 Å². The number of nitrogens with one attached hydrogen (secondary N) is 1. The number of benzene rings is 1. The highest BCUT2D eigenvalue weighted by Crippen LogP contribution is 2.27. The van der Waals surface area contributed by atoms with E-state index in [2.05, 4.69) is 36.3 Å². The smallest absolute Gasteiger partial charge is 0.257 e. The zero-order chi connectivity index (χ0) is 14.0. The van der Waals surface area contributed by atoms with Gasteiger partial charge in [0.05, 0.1) is 0 Å². The third-order valence-electron chi connectivity index (χ3n) is 2.37. The van der Waals surface area contributed by atoms with Gasteiger partial charge >= 0.3 is 0 Å². The van der Waals surface area contributed by atoms with E-state index >= 15 is 0 Å². The van der Waals surface area contributed by atoms with Crippen LogP contribution in [0, 0.1) is 0 Å². The van der Waals surface area contributed by atoms with Crippen LogP contribution in [-0.2, 0) is 5.41 Å². The van der Waals surface area contributed by atoms with Crippen LogP contribution in [0.3, 0.4) is 0 Å². The molecule has 0 radical (unpaired) electrons. The third kappa shape index (κ3) is 3.52. The molecule has 100 valence electrons. The summed E-state index contributed by atoms with van der Waals surface area (Å²) in [4.78, 5) is 12.0. The maximum atomic E-state index is 12.0. The first-order valence-corrected chi connectivity index (χ1v) is 6.96. The second-order valence-electron chi connectivity index (χ2n) is 5.13. The van der Waals surface area contributed by atoms with Crippen LogP contribution in [0.25, 0.3) is 0 Å². The molecule has 1 aromatic heterocycles. The molecule has 0 fully saturated rings. The summed E-state index contributed by atoms with van der Waals surface area (Å²) in [5.74, 6) is -0.237. The van der Waals surface area contributed by atoms with Gasteiger partial charge in [-0.2, -0.15) is 0 Å². The maximum Gasteiger partial charge on any atom is 0.257 e. The quantitative estimate of drug-likeness (QED) is 0.918. The summed E-state index contributed by atoms with van der Waals surface area (Å²) in [6, 6.07) is 6.77. The summed E-state index contributed by atoms with van der Waals surface area (Å²) in [7, 11) is 0. The molecule has 0 unspecified atom stereocenters. The van der Waals surface area contributed by atoms with E-state index in [4.69, 9.17) is 11.6 Å². The van der Waals surface area contributed by atoms with Gasteiger partial charge in [0.15, 0.2) is 0 Å². The first-order valence-electron chi connectivity index (χ1n) is 5.77. The summed E-state index contributed by atoms with van der Waals surface area (Å²) in [6.45, 7) is 6.16. The zero-order valence-electron chi connectivity index (χ0n) is 10.9. The molecule has 0 saturated carbocycles. The lowest BCUT2D eigenvalue weighted by atomic mass is 9.98. The Hall–Kier alpha value is -1.46. The van der Waals surface area contributed by atoms with Crippen LogP contribution in [0.5, 0.6) is 0 Å². The van der Waals surface area contributed by atoms with Gasteiger partial charge in [0.1, 0.15) is 5.01 Å². The van der Waals surface area contributed by atoms with E-state index in [-0.39, 0.29) is 11.3 Å². The first-order chi connectivity index (χ1) is 8.86. The number of hydrogen-bond donors (Lipinski definition) is 1. The highest BCUT2D eigenvalue weighted by Gasteiger charge is 2.20. The lowest BCUT2D eigenvalue weighted by Gasteiger charge is -2.12. The summed E-state index contributed by atoms with van der Waals surface area (Å²) in [6.07, 6.45) is 0. The zero-order valence-corrected chi connectivity index (χ0v) is 12.5. The Morgan fingerprint density at radius 3 is 2.63 bits per heavy atom. The van der Waals surface area contributed by atoms with Gasteiger partial charge in [-0.3, -0.25) is 10.1 Å². The highest BCUT2D eigenvalue weighted by molar-refractivity contribution is 7.15. The number of aromatic nitrogens is 2. The van der Waals surface area contributed by atoms with E-state index in [0.29, 0.717) is 15.7 Å². The molecule has 19 heavy (non-hydrogen) atoms. The van der Waals surface area contributed by atoms with Crippen LogP contribution >= 0.6 is 22.9 Å². The van der Waals surface area contributed by atoms with E-state index in [0.717, 1.165) is 5.01 Å². The van der Waals surface area contributed by atoms with Crippen LogP contribution in [-0.4, -0.2) is 16.1 Å². The molecule has 0 aliphatic carbocycles. The second-order valence-corrected chi connectivity index (χ2v) is 6.54. The lowest BCUT2D eigenvalue weighted by molar-refractivity contribution is 0.102. The van der Waals surface area contributed by atoms with Crippen molar-refractivity contribution in [2.75, 3.05) is 5.32 Å². The molecule has 1 amide bonds. The Kier molecular flexibility index (Phi) is 3.87. The fourth-order valence-electron chi connectivity index (χ4n) is 1.38. The van der Waals surface area contributed by atoms with Gasteiger partial charge in [0.25, 0.3) is 5.91 Å². The third-order valence-corrected chi connectivity index (χ3v) is 3.87. The number of hydrogen-bond acceptors (Lipinski definition) is 4. The molecule has 0 saturated heterocycles. The predicted molar refractivity (Wildman–Crippen MR) is 78.0 cm³/mol. The Bertz CT molecular complexity index is 604. The Morgan fingerprint density at radius 1 is 1.32 bits per heavy atom. The van der Waals surface area contributed by atoms with Crippen molar-refractivity contribution in [3.05, 3.63) is 39.9 Å². The molecular weight excluding hydrogens is 282 g/mol. The van der Waals surface area contributed by atoms with Crippen LogP contribution in [0.4, 0.5) is 5.13 Å². The average molecular weight is 296 g/mol. The van der Waals surface area contributed by atoms with Crippen molar-refractivity contribution in [2.24, 2.45) is 0 Å². The summed E-state index contributed by atoms with van der Waals surface area (Å²) >= 11 is 7.23. The molecule has 0 aliphatic rings. The average Bonchev–Trinajstić information content (AvgIpc) is 2.77. The van der Waals surface area contributed by atoms with Crippen molar-refractivity contribution in [1.29, 1.82) is 0 Å². The van der Waals surface area contributed by atoms with Gasteiger partial charge in [0, 0.05) is 16.0 Å². The molecule has 2 rings (SSSR count). The molecule has 0 aliphatic heterocycles. The first kappa shape index (κ1) is 14.0. The lowest BCUT2D eigenvalue weighted by Crippen LogP contribution is -2.11. The van der Waals surface area contributed by atoms with Gasteiger partial charge < -0.3 is 0 Å². The standard InChI is InChI=1S/C13H14ClN3OS/c1-13(2,3)11-16-17-12(19-11)15-10(18)8-5-4-6-9(14)7-8/h4-7H,1-3H3,(H,15,17,18). The molecule has 4 nitrogen and oxygen atoms in total. The Labute approximate surface area is 120 Å². The fourth-order valence-corrected chi connectivity index (χ4v) is 2.36. The molecule has 1 aromatic carbocycles. The SMILES string of the molecule is CC(C)(C)c1nnc(NC(=O)c2cccc(Cl)c2)s1. The predicted octanol–water partition coefficient (Wildman–Crippen LogP) is 3.74. The summed E-state index contributed by atoms with van der Waals surface area (Å²) < 4.78 is 0. The number of carbonyl (C=O) groups excluding carboxylic acids is 1. The molecule has 1 heterocycles. The van der Waals surface area contributed by atoms with Gasteiger partial charge in [-0.15, -0.1) is 10.2 Å². The molecule has 1 N–H and O–H groups in total. The van der Waals surface area contributed by atoms with Crippen LogP contribution in [0.2, 0.25) is 5.02 Å². The highest BCUT2D eigenvalue weighted by atomic mass is 35.5. The van der Waals surface area contributed by atoms with Gasteiger partial charge in [-0.1, -0.05) is 49.8 Å². The molecule has 0 bridgehead atoms. The molecule has 0 spiro atoms. The molecule has 0 atom stereocenters. The number of rotatable bonds is 2. The van der Waals surface area contributed by atoms with Crippen molar-refractivity contribution in [3.63, 3.8) is 0 Å². The normalized spacial score (nSPS) is 11.4. The molecular formula is C13H14ClN3OS. The van der Waals surface area contributed by atoms with Crippen molar-refractivity contribution in [3.8, 4) is 0 Å². The van der Waals surface area contributed by atoms with E-state index < -0.39 is 0 Å². The van der Waals surface area contributed by atoms with Crippen molar-refractivity contribution >= 4 is 34.0 Å². The maximum absolute atomic E-state index is 12.0. The van der Waals surface area contributed by atoms with E-state index in [1.54, 1.807) is 24.3 Å². The molecule has 6 heteroatoms. The number of anilines is 1. The number of halogens is 1. The fraction of sp³-hybridized carbons (Fsp3) is 0.308. The van der Waals surface area contributed by atoms with Crippen LogP contribution in [0.15, 0.2) is 24.3 Å². The number of carbonyl (C=O) groups is 1. The van der Waals surface area contributed by atoms with E-state index in [9.17, 15) is 4.79 Å². The topological polar surface area (TPSA) is 54.9 Å². The monoisotopic (exact) mass is 295 g/mol. The van der Waals surface area contributed by atoms with E-state index in [1.165, 1.54) is 11.3 Å². The largest absolute Gasteiger partial charge is 0.296 e. The Balaban J connectivity index is 2.13. The minimum Gasteiger partial charge on any atom is -0.296 e. The van der Waals surface area contributed by atoms with Crippen LogP contribution in [0.1, 0.15) is 36.1 Å². The van der Waals surface area contributed by atoms with Crippen molar-refractivity contribution < 1.29 is 4.79 Å². The van der Waals surface area contributed by atoms with Crippen molar-refractivity contribution in [1.82, 2.24) is 10.2 Å². The van der Waals surface area contributed by atoms with Crippen molar-refractivity contribution in [2.45, 2.75) is 26.2 Å².